The number of hydrogen-bond acceptors (Lipinski definition) is 4. The Morgan fingerprint density at radius 3 is 3.18 bits per heavy atom. The maximum Gasteiger partial charge on any atom is 0.252 e. The first kappa shape index (κ1) is 12.1. The second kappa shape index (κ2) is 5.31. The number of anilines is 1. The van der Waals surface area contributed by atoms with Crippen LogP contribution in [0.4, 0.5) is 5.82 Å². The summed E-state index contributed by atoms with van der Waals surface area (Å²) < 4.78 is 0. The van der Waals surface area contributed by atoms with E-state index in [0.29, 0.717) is 6.04 Å². The molecule has 0 saturated carbocycles. The van der Waals surface area contributed by atoms with E-state index in [9.17, 15) is 4.79 Å². The summed E-state index contributed by atoms with van der Waals surface area (Å²) in [6.07, 6.45) is 3.09. The minimum atomic E-state index is -0.0537. The van der Waals surface area contributed by atoms with Crippen molar-refractivity contribution in [2.24, 2.45) is 0 Å². The summed E-state index contributed by atoms with van der Waals surface area (Å²) in [6.45, 7) is 3.93. The van der Waals surface area contributed by atoms with Gasteiger partial charge in [-0.15, -0.1) is 0 Å². The molecule has 1 saturated heterocycles. The minimum Gasteiger partial charge on any atom is -0.352 e. The lowest BCUT2D eigenvalue weighted by Crippen LogP contribution is -2.38. The lowest BCUT2D eigenvalue weighted by Gasteiger charge is -2.25. The van der Waals surface area contributed by atoms with Crippen molar-refractivity contribution in [1.82, 2.24) is 15.3 Å². The van der Waals surface area contributed by atoms with Gasteiger partial charge in [-0.25, -0.2) is 4.98 Å². The van der Waals surface area contributed by atoms with E-state index in [0.717, 1.165) is 37.6 Å². The van der Waals surface area contributed by atoms with E-state index in [1.54, 1.807) is 6.07 Å². The van der Waals surface area contributed by atoms with Gasteiger partial charge in [0.2, 0.25) is 0 Å². The van der Waals surface area contributed by atoms with Crippen LogP contribution in [0.5, 0.6) is 0 Å². The molecule has 1 aliphatic heterocycles. The Balaban J connectivity index is 2.26. The summed E-state index contributed by atoms with van der Waals surface area (Å²) >= 11 is 0. The summed E-state index contributed by atoms with van der Waals surface area (Å²) in [7, 11) is 1.96. The van der Waals surface area contributed by atoms with Crippen molar-refractivity contribution in [3.05, 3.63) is 22.2 Å². The second-order valence-corrected chi connectivity index (χ2v) is 4.45. The van der Waals surface area contributed by atoms with Crippen molar-refractivity contribution in [2.75, 3.05) is 25.0 Å². The molecular weight excluding hydrogens is 216 g/mol. The monoisotopic (exact) mass is 236 g/mol. The lowest BCUT2D eigenvalue weighted by molar-refractivity contribution is 0.610. The fraction of sp³-hybridized carbons (Fsp3) is 0.667. The van der Waals surface area contributed by atoms with Crippen LogP contribution in [-0.2, 0) is 6.42 Å². The number of likely N-dealkylation sites (N-methyl/N-ethyl adjacent to an activating group) is 1. The number of nitrogens with zero attached hydrogens (tertiary/aromatic N) is 2. The van der Waals surface area contributed by atoms with Crippen molar-refractivity contribution >= 4 is 5.82 Å². The standard InChI is InChI=1S/C12H20N4O/c1-3-10-14-11(7-12(17)15-10)16-6-4-5-9(16)8-13-2/h7,9,13H,3-6,8H2,1-2H3,(H,14,15,17). The zero-order valence-electron chi connectivity index (χ0n) is 10.5. The quantitative estimate of drug-likeness (QED) is 0.800. The van der Waals surface area contributed by atoms with E-state index >= 15 is 0 Å². The van der Waals surface area contributed by atoms with Gasteiger partial charge >= 0.3 is 0 Å². The Kier molecular flexibility index (Phi) is 3.78. The molecule has 0 aromatic carbocycles. The minimum absolute atomic E-state index is 0.0537. The molecule has 2 heterocycles. The van der Waals surface area contributed by atoms with Crippen LogP contribution in [0.1, 0.15) is 25.6 Å². The highest BCUT2D eigenvalue weighted by Crippen LogP contribution is 2.22. The zero-order chi connectivity index (χ0) is 12.3. The highest BCUT2D eigenvalue weighted by atomic mass is 16.1. The van der Waals surface area contributed by atoms with E-state index in [2.05, 4.69) is 20.2 Å². The van der Waals surface area contributed by atoms with Crippen molar-refractivity contribution in [3.63, 3.8) is 0 Å². The Hall–Kier alpha value is -1.36. The zero-order valence-corrected chi connectivity index (χ0v) is 10.5. The molecule has 1 aromatic heterocycles. The molecule has 2 rings (SSSR count). The number of hydrogen-bond donors (Lipinski definition) is 2. The lowest BCUT2D eigenvalue weighted by atomic mass is 10.2. The number of rotatable bonds is 4. The SMILES string of the molecule is CCc1nc(N2CCCC2CNC)cc(=O)[nH]1. The van der Waals surface area contributed by atoms with Crippen molar-refractivity contribution in [3.8, 4) is 0 Å². The first-order chi connectivity index (χ1) is 8.24. The number of aromatic nitrogens is 2. The third-order valence-corrected chi connectivity index (χ3v) is 3.22. The van der Waals surface area contributed by atoms with Crippen LogP contribution >= 0.6 is 0 Å². The average molecular weight is 236 g/mol. The smallest absolute Gasteiger partial charge is 0.252 e. The highest BCUT2D eigenvalue weighted by molar-refractivity contribution is 5.40. The van der Waals surface area contributed by atoms with Gasteiger partial charge in [0.05, 0.1) is 0 Å². The van der Waals surface area contributed by atoms with E-state index in [4.69, 9.17) is 0 Å². The third-order valence-electron chi connectivity index (χ3n) is 3.22. The molecule has 5 heteroatoms. The summed E-state index contributed by atoms with van der Waals surface area (Å²) in [4.78, 5) is 21.1. The maximum absolute atomic E-state index is 11.6. The molecule has 1 aliphatic rings. The molecule has 0 aliphatic carbocycles. The third kappa shape index (κ3) is 2.66. The Labute approximate surface area is 101 Å². The molecule has 0 radical (unpaired) electrons. The van der Waals surface area contributed by atoms with E-state index in [-0.39, 0.29) is 5.56 Å². The van der Waals surface area contributed by atoms with Crippen molar-refractivity contribution < 1.29 is 0 Å². The topological polar surface area (TPSA) is 61.0 Å². The number of H-pyrrole nitrogens is 1. The second-order valence-electron chi connectivity index (χ2n) is 4.45. The summed E-state index contributed by atoms with van der Waals surface area (Å²) in [5.74, 6) is 1.59. The number of aryl methyl sites for hydroxylation is 1. The van der Waals surface area contributed by atoms with Gasteiger partial charge in [0.15, 0.2) is 0 Å². The van der Waals surface area contributed by atoms with Gasteiger partial charge in [0, 0.05) is 31.6 Å². The molecule has 1 atom stereocenters. The number of nitrogens with one attached hydrogen (secondary N) is 2. The van der Waals surface area contributed by atoms with Gasteiger partial charge in [-0.2, -0.15) is 0 Å². The molecule has 1 unspecified atom stereocenters. The predicted octanol–water partition coefficient (Wildman–Crippen LogP) is 0.520. The molecule has 0 bridgehead atoms. The van der Waals surface area contributed by atoms with Crippen molar-refractivity contribution in [1.29, 1.82) is 0 Å². The van der Waals surface area contributed by atoms with E-state index < -0.39 is 0 Å². The number of aromatic amines is 1. The molecule has 1 aromatic rings. The Morgan fingerprint density at radius 2 is 2.47 bits per heavy atom. The van der Waals surface area contributed by atoms with E-state index in [1.165, 1.54) is 6.42 Å². The molecule has 0 amide bonds. The van der Waals surface area contributed by atoms with Gasteiger partial charge in [0.25, 0.3) is 5.56 Å². The molecule has 0 spiro atoms. The Bertz CT molecular complexity index is 429. The van der Waals surface area contributed by atoms with Crippen LogP contribution < -0.4 is 15.8 Å². The van der Waals surface area contributed by atoms with Gasteiger partial charge in [0.1, 0.15) is 11.6 Å². The first-order valence-electron chi connectivity index (χ1n) is 6.26. The largest absolute Gasteiger partial charge is 0.352 e. The van der Waals surface area contributed by atoms with Gasteiger partial charge in [-0.1, -0.05) is 6.92 Å². The molecule has 2 N–H and O–H groups in total. The van der Waals surface area contributed by atoms with Crippen LogP contribution in [0, 0.1) is 0 Å². The Morgan fingerprint density at radius 1 is 1.65 bits per heavy atom. The highest BCUT2D eigenvalue weighted by Gasteiger charge is 2.25. The van der Waals surface area contributed by atoms with Crippen LogP contribution in [0.2, 0.25) is 0 Å². The summed E-state index contributed by atoms with van der Waals surface area (Å²) in [6, 6.07) is 2.06. The fourth-order valence-electron chi connectivity index (χ4n) is 2.39. The van der Waals surface area contributed by atoms with Crippen LogP contribution in [0.3, 0.4) is 0 Å². The first-order valence-corrected chi connectivity index (χ1v) is 6.26. The molecule has 1 fully saturated rings. The molecule has 5 nitrogen and oxygen atoms in total. The molecule has 94 valence electrons. The van der Waals surface area contributed by atoms with Gasteiger partial charge in [-0.05, 0) is 19.9 Å². The summed E-state index contributed by atoms with van der Waals surface area (Å²) in [5.41, 5.74) is -0.0537. The molecular formula is C12H20N4O. The normalized spacial score (nSPS) is 19.9. The fourth-order valence-corrected chi connectivity index (χ4v) is 2.39. The predicted molar refractivity (Wildman–Crippen MR) is 68.5 cm³/mol. The van der Waals surface area contributed by atoms with Crippen LogP contribution in [-0.4, -0.2) is 36.1 Å². The summed E-state index contributed by atoms with van der Waals surface area (Å²) in [5, 5.41) is 3.20. The van der Waals surface area contributed by atoms with E-state index in [1.807, 2.05) is 14.0 Å². The van der Waals surface area contributed by atoms with Crippen molar-refractivity contribution in [2.45, 2.75) is 32.2 Å². The van der Waals surface area contributed by atoms with Gasteiger partial charge < -0.3 is 15.2 Å². The van der Waals surface area contributed by atoms with Crippen LogP contribution in [0.15, 0.2) is 10.9 Å². The average Bonchev–Trinajstić information content (AvgIpc) is 2.77. The van der Waals surface area contributed by atoms with Gasteiger partial charge in [-0.3, -0.25) is 4.79 Å². The molecule has 17 heavy (non-hydrogen) atoms. The maximum atomic E-state index is 11.6. The van der Waals surface area contributed by atoms with Crippen LogP contribution in [0.25, 0.3) is 0 Å².